The standard InChI is InChI=1S/C12H16BrN/c1-8(2)12-7-14-6-9-3-4-10(13)5-11(9)12/h3-5,8,12,14H,6-7H2,1-2H3. The molecule has 2 heteroatoms. The topological polar surface area (TPSA) is 12.0 Å². The first-order chi connectivity index (χ1) is 6.68. The van der Waals surface area contributed by atoms with Crippen LogP contribution in [0.2, 0.25) is 0 Å². The van der Waals surface area contributed by atoms with Gasteiger partial charge in [-0.15, -0.1) is 0 Å². The lowest BCUT2D eigenvalue weighted by Crippen LogP contribution is -2.30. The van der Waals surface area contributed by atoms with Crippen molar-refractivity contribution in [2.24, 2.45) is 5.92 Å². The number of fused-ring (bicyclic) bond motifs is 1. The second kappa shape index (κ2) is 4.03. The molecule has 0 bridgehead atoms. The Morgan fingerprint density at radius 3 is 2.93 bits per heavy atom. The maximum atomic E-state index is 3.55. The van der Waals surface area contributed by atoms with Crippen molar-refractivity contribution in [1.82, 2.24) is 5.32 Å². The highest BCUT2D eigenvalue weighted by Gasteiger charge is 2.22. The Labute approximate surface area is 94.0 Å². The largest absolute Gasteiger partial charge is 0.312 e. The quantitative estimate of drug-likeness (QED) is 0.810. The van der Waals surface area contributed by atoms with E-state index in [2.05, 4.69) is 53.3 Å². The van der Waals surface area contributed by atoms with E-state index in [1.807, 2.05) is 0 Å². The molecule has 0 aromatic heterocycles. The summed E-state index contributed by atoms with van der Waals surface area (Å²) in [5.74, 6) is 1.37. The van der Waals surface area contributed by atoms with E-state index < -0.39 is 0 Å². The van der Waals surface area contributed by atoms with Crippen LogP contribution in [0, 0.1) is 5.92 Å². The van der Waals surface area contributed by atoms with Crippen molar-refractivity contribution in [1.29, 1.82) is 0 Å². The molecule has 1 heterocycles. The number of benzene rings is 1. The van der Waals surface area contributed by atoms with Crippen LogP contribution < -0.4 is 5.32 Å². The summed E-state index contributed by atoms with van der Waals surface area (Å²) in [5.41, 5.74) is 2.98. The van der Waals surface area contributed by atoms with Crippen molar-refractivity contribution in [3.05, 3.63) is 33.8 Å². The summed E-state index contributed by atoms with van der Waals surface area (Å²) in [4.78, 5) is 0. The van der Waals surface area contributed by atoms with E-state index in [1.165, 1.54) is 15.6 Å². The van der Waals surface area contributed by atoms with E-state index >= 15 is 0 Å². The van der Waals surface area contributed by atoms with Gasteiger partial charge in [-0.2, -0.15) is 0 Å². The van der Waals surface area contributed by atoms with Crippen LogP contribution in [-0.4, -0.2) is 6.54 Å². The first-order valence-electron chi connectivity index (χ1n) is 5.17. The molecule has 0 radical (unpaired) electrons. The summed E-state index contributed by atoms with van der Waals surface area (Å²) in [6.45, 7) is 6.72. The van der Waals surface area contributed by atoms with Gasteiger partial charge >= 0.3 is 0 Å². The molecule has 1 atom stereocenters. The van der Waals surface area contributed by atoms with Crippen molar-refractivity contribution in [2.45, 2.75) is 26.3 Å². The fourth-order valence-corrected chi connectivity index (χ4v) is 2.52. The van der Waals surface area contributed by atoms with Gasteiger partial charge in [-0.25, -0.2) is 0 Å². The van der Waals surface area contributed by atoms with Crippen LogP contribution in [-0.2, 0) is 6.54 Å². The molecule has 1 unspecified atom stereocenters. The van der Waals surface area contributed by atoms with Crippen LogP contribution in [0.1, 0.15) is 30.9 Å². The van der Waals surface area contributed by atoms with E-state index in [9.17, 15) is 0 Å². The lowest BCUT2D eigenvalue weighted by atomic mass is 9.83. The summed E-state index contributed by atoms with van der Waals surface area (Å²) in [7, 11) is 0. The van der Waals surface area contributed by atoms with Crippen LogP contribution in [0.3, 0.4) is 0 Å². The predicted octanol–water partition coefficient (Wildman–Crippen LogP) is 3.29. The summed E-state index contributed by atoms with van der Waals surface area (Å²) in [6.07, 6.45) is 0. The van der Waals surface area contributed by atoms with E-state index in [4.69, 9.17) is 0 Å². The zero-order valence-corrected chi connectivity index (χ0v) is 10.3. The second-order valence-electron chi connectivity index (χ2n) is 4.32. The lowest BCUT2D eigenvalue weighted by Gasteiger charge is -2.29. The van der Waals surface area contributed by atoms with Gasteiger partial charge in [0, 0.05) is 17.6 Å². The summed E-state index contributed by atoms with van der Waals surface area (Å²) >= 11 is 3.55. The maximum absolute atomic E-state index is 3.55. The summed E-state index contributed by atoms with van der Waals surface area (Å²) in [6, 6.07) is 6.63. The Kier molecular flexibility index (Phi) is 2.93. The molecule has 2 rings (SSSR count). The molecule has 0 saturated heterocycles. The average molecular weight is 254 g/mol. The van der Waals surface area contributed by atoms with Gasteiger partial charge in [-0.1, -0.05) is 35.8 Å². The van der Waals surface area contributed by atoms with E-state index in [-0.39, 0.29) is 0 Å². The van der Waals surface area contributed by atoms with Crippen molar-refractivity contribution >= 4 is 15.9 Å². The first-order valence-corrected chi connectivity index (χ1v) is 5.97. The Hall–Kier alpha value is -0.340. The highest BCUT2D eigenvalue weighted by atomic mass is 79.9. The Morgan fingerprint density at radius 1 is 1.43 bits per heavy atom. The highest BCUT2D eigenvalue weighted by Crippen LogP contribution is 2.31. The van der Waals surface area contributed by atoms with E-state index in [0.717, 1.165) is 13.1 Å². The van der Waals surface area contributed by atoms with Crippen LogP contribution in [0.15, 0.2) is 22.7 Å². The molecule has 0 saturated carbocycles. The number of hydrogen-bond acceptors (Lipinski definition) is 1. The molecule has 1 aromatic carbocycles. The Morgan fingerprint density at radius 2 is 2.21 bits per heavy atom. The maximum Gasteiger partial charge on any atom is 0.0208 e. The second-order valence-corrected chi connectivity index (χ2v) is 5.24. The zero-order valence-electron chi connectivity index (χ0n) is 8.68. The molecule has 1 aromatic rings. The molecule has 0 amide bonds. The van der Waals surface area contributed by atoms with E-state index in [1.54, 1.807) is 0 Å². The fraction of sp³-hybridized carbons (Fsp3) is 0.500. The van der Waals surface area contributed by atoms with Gasteiger partial charge in [0.1, 0.15) is 0 Å². The zero-order chi connectivity index (χ0) is 10.1. The minimum Gasteiger partial charge on any atom is -0.312 e. The molecule has 0 spiro atoms. The smallest absolute Gasteiger partial charge is 0.0208 e. The normalized spacial score (nSPS) is 21.0. The SMILES string of the molecule is CC(C)C1CNCc2ccc(Br)cc21. The predicted molar refractivity (Wildman–Crippen MR) is 63.4 cm³/mol. The van der Waals surface area contributed by atoms with Crippen LogP contribution in [0.25, 0.3) is 0 Å². The third-order valence-electron chi connectivity index (χ3n) is 2.99. The molecule has 1 aliphatic rings. The highest BCUT2D eigenvalue weighted by molar-refractivity contribution is 9.10. The van der Waals surface area contributed by atoms with Gasteiger partial charge in [-0.05, 0) is 35.1 Å². The van der Waals surface area contributed by atoms with Crippen LogP contribution in [0.5, 0.6) is 0 Å². The summed E-state index contributed by atoms with van der Waals surface area (Å²) in [5, 5.41) is 3.48. The van der Waals surface area contributed by atoms with Gasteiger partial charge in [0.15, 0.2) is 0 Å². The Bertz CT molecular complexity index is 333. The molecule has 14 heavy (non-hydrogen) atoms. The third-order valence-corrected chi connectivity index (χ3v) is 3.49. The monoisotopic (exact) mass is 253 g/mol. The molecule has 0 aliphatic carbocycles. The van der Waals surface area contributed by atoms with Gasteiger partial charge in [0.05, 0.1) is 0 Å². The first kappa shape index (κ1) is 10.2. The van der Waals surface area contributed by atoms with Gasteiger partial charge in [-0.3, -0.25) is 0 Å². The Balaban J connectivity index is 2.41. The van der Waals surface area contributed by atoms with Crippen LogP contribution >= 0.6 is 15.9 Å². The number of hydrogen-bond donors (Lipinski definition) is 1. The van der Waals surface area contributed by atoms with Crippen molar-refractivity contribution < 1.29 is 0 Å². The van der Waals surface area contributed by atoms with Crippen molar-refractivity contribution in [3.8, 4) is 0 Å². The minimum absolute atomic E-state index is 0.663. The number of rotatable bonds is 1. The molecule has 1 nitrogen and oxygen atoms in total. The molecule has 1 N–H and O–H groups in total. The van der Waals surface area contributed by atoms with Gasteiger partial charge < -0.3 is 5.32 Å². The third kappa shape index (κ3) is 1.86. The van der Waals surface area contributed by atoms with Crippen molar-refractivity contribution in [2.75, 3.05) is 6.54 Å². The number of halogens is 1. The molecule has 0 fully saturated rings. The number of nitrogens with one attached hydrogen (secondary N) is 1. The summed E-state index contributed by atoms with van der Waals surface area (Å²) < 4.78 is 1.20. The van der Waals surface area contributed by atoms with Crippen molar-refractivity contribution in [3.63, 3.8) is 0 Å². The fourth-order valence-electron chi connectivity index (χ4n) is 2.14. The van der Waals surface area contributed by atoms with E-state index in [0.29, 0.717) is 11.8 Å². The van der Waals surface area contributed by atoms with Crippen LogP contribution in [0.4, 0.5) is 0 Å². The van der Waals surface area contributed by atoms with Gasteiger partial charge in [0.2, 0.25) is 0 Å². The molecule has 1 aliphatic heterocycles. The molecular formula is C12H16BrN. The molecule has 76 valence electrons. The molecular weight excluding hydrogens is 238 g/mol. The van der Waals surface area contributed by atoms with Gasteiger partial charge in [0.25, 0.3) is 0 Å². The lowest BCUT2D eigenvalue weighted by molar-refractivity contribution is 0.436. The minimum atomic E-state index is 0.663. The average Bonchev–Trinajstić information content (AvgIpc) is 2.16.